The van der Waals surface area contributed by atoms with Gasteiger partial charge in [-0.15, -0.1) is 0 Å². The molecule has 0 N–H and O–H groups in total. The van der Waals surface area contributed by atoms with Crippen molar-refractivity contribution in [2.75, 3.05) is 0 Å². The van der Waals surface area contributed by atoms with Gasteiger partial charge >= 0.3 is 5.97 Å². The highest BCUT2D eigenvalue weighted by molar-refractivity contribution is 5.69. The SMILES string of the molecule is CCCCCCCCCCCC(=O)O[C@@H](CC)CCCCCC. The molecule has 0 aliphatic heterocycles. The Bertz CT molecular complexity index is 250. The molecule has 0 rings (SSSR count). The van der Waals surface area contributed by atoms with Crippen LogP contribution >= 0.6 is 0 Å². The molecular formula is C21H42O2. The first-order chi connectivity index (χ1) is 11.2. The first kappa shape index (κ1) is 22.5. The summed E-state index contributed by atoms with van der Waals surface area (Å²) in [6.07, 6.45) is 19.4. The van der Waals surface area contributed by atoms with Gasteiger partial charge in [0.25, 0.3) is 0 Å². The van der Waals surface area contributed by atoms with Gasteiger partial charge in [-0.3, -0.25) is 4.79 Å². The number of hydrogen-bond acceptors (Lipinski definition) is 2. The summed E-state index contributed by atoms with van der Waals surface area (Å²) in [6, 6.07) is 0. The predicted molar refractivity (Wildman–Crippen MR) is 101 cm³/mol. The molecule has 0 saturated heterocycles. The second kappa shape index (κ2) is 17.8. The normalized spacial score (nSPS) is 12.3. The lowest BCUT2D eigenvalue weighted by molar-refractivity contribution is -0.149. The zero-order valence-electron chi connectivity index (χ0n) is 16.2. The van der Waals surface area contributed by atoms with Gasteiger partial charge in [0.2, 0.25) is 0 Å². The van der Waals surface area contributed by atoms with E-state index in [9.17, 15) is 4.79 Å². The fraction of sp³-hybridized carbons (Fsp3) is 0.952. The molecule has 0 bridgehead atoms. The van der Waals surface area contributed by atoms with E-state index in [1.54, 1.807) is 0 Å². The van der Waals surface area contributed by atoms with E-state index in [1.807, 2.05) is 0 Å². The molecule has 0 fully saturated rings. The zero-order valence-corrected chi connectivity index (χ0v) is 16.2. The molecule has 0 aromatic heterocycles. The van der Waals surface area contributed by atoms with E-state index >= 15 is 0 Å². The van der Waals surface area contributed by atoms with Crippen molar-refractivity contribution in [2.24, 2.45) is 0 Å². The van der Waals surface area contributed by atoms with Gasteiger partial charge in [-0.25, -0.2) is 0 Å². The monoisotopic (exact) mass is 326 g/mol. The number of carbonyl (C=O) groups excluding carboxylic acids is 1. The van der Waals surface area contributed by atoms with E-state index in [4.69, 9.17) is 4.74 Å². The van der Waals surface area contributed by atoms with Crippen LogP contribution in [0.25, 0.3) is 0 Å². The Hall–Kier alpha value is -0.530. The zero-order chi connectivity index (χ0) is 17.2. The van der Waals surface area contributed by atoms with Crippen molar-refractivity contribution >= 4 is 5.97 Å². The minimum Gasteiger partial charge on any atom is -0.462 e. The topological polar surface area (TPSA) is 26.3 Å². The van der Waals surface area contributed by atoms with Crippen LogP contribution in [0, 0.1) is 0 Å². The van der Waals surface area contributed by atoms with E-state index < -0.39 is 0 Å². The lowest BCUT2D eigenvalue weighted by atomic mass is 10.1. The van der Waals surface area contributed by atoms with Crippen LogP contribution in [0.5, 0.6) is 0 Å². The molecule has 0 unspecified atom stereocenters. The van der Waals surface area contributed by atoms with Crippen molar-refractivity contribution in [1.82, 2.24) is 0 Å². The molecule has 0 radical (unpaired) electrons. The van der Waals surface area contributed by atoms with Gasteiger partial charge in [0.15, 0.2) is 0 Å². The molecule has 2 heteroatoms. The first-order valence-electron chi connectivity index (χ1n) is 10.4. The van der Waals surface area contributed by atoms with Crippen molar-refractivity contribution in [3.05, 3.63) is 0 Å². The van der Waals surface area contributed by atoms with Crippen LogP contribution in [0.2, 0.25) is 0 Å². The average Bonchev–Trinajstić information content (AvgIpc) is 2.56. The summed E-state index contributed by atoms with van der Waals surface area (Å²) in [5.74, 6) is 0.0234. The van der Waals surface area contributed by atoms with Crippen molar-refractivity contribution in [2.45, 2.75) is 130 Å². The van der Waals surface area contributed by atoms with Gasteiger partial charge in [0, 0.05) is 6.42 Å². The highest BCUT2D eigenvalue weighted by atomic mass is 16.5. The van der Waals surface area contributed by atoms with Crippen LogP contribution < -0.4 is 0 Å². The molecule has 138 valence electrons. The molecule has 0 aliphatic carbocycles. The minimum absolute atomic E-state index is 0.0234. The highest BCUT2D eigenvalue weighted by Crippen LogP contribution is 2.14. The maximum Gasteiger partial charge on any atom is 0.306 e. The fourth-order valence-corrected chi connectivity index (χ4v) is 2.97. The molecule has 0 spiro atoms. The molecule has 0 saturated carbocycles. The molecular weight excluding hydrogens is 284 g/mol. The number of ether oxygens (including phenoxy) is 1. The number of esters is 1. The maximum atomic E-state index is 11.9. The van der Waals surface area contributed by atoms with E-state index in [0.29, 0.717) is 6.42 Å². The minimum atomic E-state index is 0.0234. The second-order valence-electron chi connectivity index (χ2n) is 6.95. The molecule has 2 nitrogen and oxygen atoms in total. The van der Waals surface area contributed by atoms with Gasteiger partial charge in [-0.2, -0.15) is 0 Å². The van der Waals surface area contributed by atoms with Crippen LogP contribution in [-0.2, 0) is 9.53 Å². The molecule has 0 heterocycles. The third-order valence-corrected chi connectivity index (χ3v) is 4.62. The molecule has 0 amide bonds. The third kappa shape index (κ3) is 16.1. The van der Waals surface area contributed by atoms with E-state index in [0.717, 1.165) is 19.3 Å². The number of rotatable bonds is 17. The second-order valence-corrected chi connectivity index (χ2v) is 6.95. The summed E-state index contributed by atoms with van der Waals surface area (Å²) in [7, 11) is 0. The van der Waals surface area contributed by atoms with Crippen molar-refractivity contribution in [3.63, 3.8) is 0 Å². The van der Waals surface area contributed by atoms with Crippen LogP contribution in [-0.4, -0.2) is 12.1 Å². The van der Waals surface area contributed by atoms with Crippen LogP contribution in [0.1, 0.15) is 124 Å². The van der Waals surface area contributed by atoms with Gasteiger partial charge < -0.3 is 4.74 Å². The Kier molecular flexibility index (Phi) is 17.4. The number of carbonyl (C=O) groups is 1. The largest absolute Gasteiger partial charge is 0.462 e. The van der Waals surface area contributed by atoms with Crippen molar-refractivity contribution < 1.29 is 9.53 Å². The summed E-state index contributed by atoms with van der Waals surface area (Å²) in [6.45, 7) is 6.60. The van der Waals surface area contributed by atoms with Crippen molar-refractivity contribution in [1.29, 1.82) is 0 Å². The average molecular weight is 327 g/mol. The van der Waals surface area contributed by atoms with E-state index in [-0.39, 0.29) is 12.1 Å². The quantitative estimate of drug-likeness (QED) is 0.209. The molecule has 1 atom stereocenters. The van der Waals surface area contributed by atoms with Crippen LogP contribution in [0.4, 0.5) is 0 Å². The van der Waals surface area contributed by atoms with E-state index in [1.165, 1.54) is 77.0 Å². The molecule has 0 aromatic carbocycles. The Morgan fingerprint density at radius 2 is 1.17 bits per heavy atom. The fourth-order valence-electron chi connectivity index (χ4n) is 2.97. The van der Waals surface area contributed by atoms with Crippen LogP contribution in [0.3, 0.4) is 0 Å². The smallest absolute Gasteiger partial charge is 0.306 e. The van der Waals surface area contributed by atoms with Crippen molar-refractivity contribution in [3.8, 4) is 0 Å². The summed E-state index contributed by atoms with van der Waals surface area (Å²) in [5.41, 5.74) is 0. The van der Waals surface area contributed by atoms with Crippen LogP contribution in [0.15, 0.2) is 0 Å². The highest BCUT2D eigenvalue weighted by Gasteiger charge is 2.11. The number of unbranched alkanes of at least 4 members (excludes halogenated alkanes) is 11. The predicted octanol–water partition coefficient (Wildman–Crippen LogP) is 7.20. The summed E-state index contributed by atoms with van der Waals surface area (Å²) >= 11 is 0. The van der Waals surface area contributed by atoms with Gasteiger partial charge in [0.05, 0.1) is 0 Å². The standard InChI is InChI=1S/C21H42O2/c1-4-7-9-11-12-13-14-15-17-19-21(22)23-20(6-3)18-16-10-8-5-2/h20H,4-19H2,1-3H3/t20-/m0/s1. The lowest BCUT2D eigenvalue weighted by Gasteiger charge is -2.16. The Balaban J connectivity index is 3.46. The maximum absolute atomic E-state index is 11.9. The first-order valence-corrected chi connectivity index (χ1v) is 10.4. The molecule has 23 heavy (non-hydrogen) atoms. The number of hydrogen-bond donors (Lipinski definition) is 0. The van der Waals surface area contributed by atoms with Gasteiger partial charge in [-0.05, 0) is 25.7 Å². The Morgan fingerprint density at radius 1 is 0.696 bits per heavy atom. The molecule has 0 aliphatic rings. The Morgan fingerprint density at radius 3 is 1.70 bits per heavy atom. The lowest BCUT2D eigenvalue weighted by Crippen LogP contribution is -2.17. The summed E-state index contributed by atoms with van der Waals surface area (Å²) in [4.78, 5) is 11.9. The van der Waals surface area contributed by atoms with Gasteiger partial charge in [0.1, 0.15) is 6.10 Å². The van der Waals surface area contributed by atoms with Gasteiger partial charge in [-0.1, -0.05) is 91.4 Å². The van der Waals surface area contributed by atoms with E-state index in [2.05, 4.69) is 20.8 Å². The third-order valence-electron chi connectivity index (χ3n) is 4.62. The summed E-state index contributed by atoms with van der Waals surface area (Å²) < 4.78 is 5.61. The Labute approximate surface area is 145 Å². The molecule has 0 aromatic rings. The summed E-state index contributed by atoms with van der Waals surface area (Å²) in [5, 5.41) is 0.